The number of nitrogens with zero attached hydrogens (tertiary/aromatic N) is 2. The molecule has 0 bridgehead atoms. The molecule has 0 radical (unpaired) electrons. The third kappa shape index (κ3) is 2.25. The predicted octanol–water partition coefficient (Wildman–Crippen LogP) is 1.33. The predicted molar refractivity (Wildman–Crippen MR) is 83.2 cm³/mol. The number of hydrogen-bond donors (Lipinski definition) is 2. The SMILES string of the molecule is CC1(C)S[C@@H]2[C@H](N=Cc3ccc(O)cc3)C(=O)N2[C@H]1C(=O)O. The van der Waals surface area contributed by atoms with Gasteiger partial charge in [-0.05, 0) is 43.7 Å². The van der Waals surface area contributed by atoms with Crippen LogP contribution in [0.2, 0.25) is 0 Å². The molecule has 2 fully saturated rings. The molecule has 3 rings (SSSR count). The van der Waals surface area contributed by atoms with Crippen LogP contribution in [0, 0.1) is 0 Å². The van der Waals surface area contributed by atoms with Gasteiger partial charge in [0.25, 0.3) is 5.91 Å². The summed E-state index contributed by atoms with van der Waals surface area (Å²) in [6.45, 7) is 3.67. The summed E-state index contributed by atoms with van der Waals surface area (Å²) in [5.74, 6) is -1.06. The van der Waals surface area contributed by atoms with Crippen LogP contribution in [0.3, 0.4) is 0 Å². The van der Waals surface area contributed by atoms with E-state index >= 15 is 0 Å². The first-order valence-corrected chi connectivity index (χ1v) is 7.74. The van der Waals surface area contributed by atoms with Crippen LogP contribution >= 0.6 is 11.8 Å². The molecule has 0 spiro atoms. The van der Waals surface area contributed by atoms with Gasteiger partial charge < -0.3 is 15.1 Å². The average molecular weight is 320 g/mol. The minimum absolute atomic E-state index is 0.167. The summed E-state index contributed by atoms with van der Waals surface area (Å²) < 4.78 is -0.533. The zero-order chi connectivity index (χ0) is 16.1. The molecular weight excluding hydrogens is 304 g/mol. The van der Waals surface area contributed by atoms with Crippen LogP contribution < -0.4 is 0 Å². The van der Waals surface area contributed by atoms with Crippen LogP contribution in [0.4, 0.5) is 0 Å². The summed E-state index contributed by atoms with van der Waals surface area (Å²) >= 11 is 1.47. The number of thioether (sulfide) groups is 1. The number of aliphatic imine (C=N–C) groups is 1. The van der Waals surface area contributed by atoms with Gasteiger partial charge >= 0.3 is 5.97 Å². The molecule has 0 unspecified atom stereocenters. The van der Waals surface area contributed by atoms with Crippen LogP contribution in [-0.4, -0.2) is 55.4 Å². The molecule has 2 aliphatic rings. The van der Waals surface area contributed by atoms with E-state index in [0.29, 0.717) is 0 Å². The summed E-state index contributed by atoms with van der Waals surface area (Å²) in [5, 5.41) is 18.3. The van der Waals surface area contributed by atoms with Crippen molar-refractivity contribution in [2.75, 3.05) is 0 Å². The number of rotatable bonds is 3. The molecule has 2 aliphatic heterocycles. The highest BCUT2D eigenvalue weighted by Gasteiger charge is 2.63. The number of carbonyl (C=O) groups is 2. The molecule has 1 aromatic rings. The number of phenolic OH excluding ortho intramolecular Hbond substituents is 1. The maximum absolute atomic E-state index is 12.2. The third-order valence-corrected chi connectivity index (χ3v) is 5.48. The van der Waals surface area contributed by atoms with Crippen LogP contribution in [0.1, 0.15) is 19.4 Å². The van der Waals surface area contributed by atoms with Crippen molar-refractivity contribution in [3.05, 3.63) is 29.8 Å². The van der Waals surface area contributed by atoms with Crippen molar-refractivity contribution in [3.8, 4) is 5.75 Å². The van der Waals surface area contributed by atoms with Crippen molar-refractivity contribution in [1.29, 1.82) is 0 Å². The van der Waals surface area contributed by atoms with E-state index in [9.17, 15) is 19.8 Å². The fraction of sp³-hybridized carbons (Fsp3) is 0.400. The van der Waals surface area contributed by atoms with Crippen LogP contribution in [0.5, 0.6) is 5.75 Å². The third-order valence-electron chi connectivity index (χ3n) is 3.92. The number of fused-ring (bicyclic) bond motifs is 1. The highest BCUT2D eigenvalue weighted by Crippen LogP contribution is 2.51. The Balaban J connectivity index is 1.78. The molecule has 22 heavy (non-hydrogen) atoms. The van der Waals surface area contributed by atoms with Crippen molar-refractivity contribution in [2.45, 2.75) is 36.1 Å². The molecule has 3 atom stereocenters. The van der Waals surface area contributed by atoms with Gasteiger partial charge in [0, 0.05) is 11.0 Å². The van der Waals surface area contributed by atoms with Gasteiger partial charge in [-0.15, -0.1) is 11.8 Å². The lowest BCUT2D eigenvalue weighted by Gasteiger charge is -2.41. The van der Waals surface area contributed by atoms with Crippen molar-refractivity contribution in [1.82, 2.24) is 4.90 Å². The molecule has 116 valence electrons. The maximum Gasteiger partial charge on any atom is 0.327 e. The van der Waals surface area contributed by atoms with E-state index in [1.54, 1.807) is 30.5 Å². The Morgan fingerprint density at radius 1 is 1.36 bits per heavy atom. The second-order valence-corrected chi connectivity index (χ2v) is 7.68. The number of carboxylic acids is 1. The number of benzene rings is 1. The van der Waals surface area contributed by atoms with E-state index in [2.05, 4.69) is 4.99 Å². The standard InChI is InChI=1S/C15H16N2O4S/c1-15(2)11(14(20)21)17-12(19)10(13(17)22-15)16-7-8-3-5-9(18)6-4-8/h3-7,10-11,13,18H,1-2H3,(H,20,21)/t10-,11+,13-/m1/s1. The molecule has 6 nitrogen and oxygen atoms in total. The highest BCUT2D eigenvalue weighted by molar-refractivity contribution is 8.01. The molecule has 1 aromatic carbocycles. The zero-order valence-electron chi connectivity index (χ0n) is 12.1. The lowest BCUT2D eigenvalue weighted by Crippen LogP contribution is -2.64. The van der Waals surface area contributed by atoms with Gasteiger partial charge in [0.15, 0.2) is 6.04 Å². The molecule has 0 aromatic heterocycles. The largest absolute Gasteiger partial charge is 0.508 e. The Bertz CT molecular complexity index is 656. The Morgan fingerprint density at radius 2 is 2.00 bits per heavy atom. The van der Waals surface area contributed by atoms with E-state index in [1.807, 2.05) is 13.8 Å². The Kier molecular flexibility index (Phi) is 3.40. The van der Waals surface area contributed by atoms with Gasteiger partial charge in [-0.3, -0.25) is 9.79 Å². The topological polar surface area (TPSA) is 90.2 Å². The molecule has 7 heteroatoms. The normalized spacial score (nSPS) is 29.5. The Labute approximate surface area is 131 Å². The van der Waals surface area contributed by atoms with Crippen molar-refractivity contribution in [3.63, 3.8) is 0 Å². The van der Waals surface area contributed by atoms with Crippen LogP contribution in [0.25, 0.3) is 0 Å². The van der Waals surface area contributed by atoms with E-state index in [4.69, 9.17) is 0 Å². The van der Waals surface area contributed by atoms with E-state index < -0.39 is 22.8 Å². The van der Waals surface area contributed by atoms with Gasteiger partial charge in [0.05, 0.1) is 0 Å². The van der Waals surface area contributed by atoms with E-state index in [-0.39, 0.29) is 17.0 Å². The smallest absolute Gasteiger partial charge is 0.327 e. The Morgan fingerprint density at radius 3 is 2.59 bits per heavy atom. The van der Waals surface area contributed by atoms with Gasteiger partial charge in [-0.25, -0.2) is 4.79 Å². The van der Waals surface area contributed by atoms with Gasteiger partial charge in [0.1, 0.15) is 17.2 Å². The molecule has 2 heterocycles. The first-order valence-electron chi connectivity index (χ1n) is 6.86. The van der Waals surface area contributed by atoms with E-state index in [1.165, 1.54) is 16.7 Å². The number of aliphatic carboxylic acids is 1. The van der Waals surface area contributed by atoms with Gasteiger partial charge in [-0.2, -0.15) is 0 Å². The molecule has 2 saturated heterocycles. The fourth-order valence-corrected chi connectivity index (χ4v) is 4.48. The first kappa shape index (κ1) is 14.9. The minimum atomic E-state index is -0.977. The highest BCUT2D eigenvalue weighted by atomic mass is 32.2. The summed E-state index contributed by atoms with van der Waals surface area (Å²) in [6, 6.07) is 5.14. The number of hydrogen-bond acceptors (Lipinski definition) is 5. The fourth-order valence-electron chi connectivity index (χ4n) is 2.86. The average Bonchev–Trinajstić information content (AvgIpc) is 2.69. The summed E-state index contributed by atoms with van der Waals surface area (Å²) in [4.78, 5) is 29.3. The minimum Gasteiger partial charge on any atom is -0.508 e. The number of aromatic hydroxyl groups is 1. The number of carboxylic acid groups (broad SMARTS) is 1. The molecular formula is C15H16N2O4S. The molecule has 0 aliphatic carbocycles. The second kappa shape index (κ2) is 5.01. The first-order chi connectivity index (χ1) is 10.3. The van der Waals surface area contributed by atoms with Crippen molar-refractivity contribution < 1.29 is 19.8 Å². The monoisotopic (exact) mass is 320 g/mol. The molecule has 1 amide bonds. The number of phenols is 1. The quantitative estimate of drug-likeness (QED) is 0.648. The van der Waals surface area contributed by atoms with Crippen molar-refractivity contribution in [2.24, 2.45) is 4.99 Å². The molecule has 0 saturated carbocycles. The van der Waals surface area contributed by atoms with Gasteiger partial charge in [-0.1, -0.05) is 0 Å². The van der Waals surface area contributed by atoms with Crippen molar-refractivity contribution >= 4 is 29.9 Å². The summed E-state index contributed by atoms with van der Waals surface area (Å²) in [7, 11) is 0. The summed E-state index contributed by atoms with van der Waals surface area (Å²) in [6.07, 6.45) is 1.58. The Hall–Kier alpha value is -2.02. The lowest BCUT2D eigenvalue weighted by molar-refractivity contribution is -0.158. The van der Waals surface area contributed by atoms with Gasteiger partial charge in [0.2, 0.25) is 0 Å². The number of carbonyl (C=O) groups excluding carboxylic acids is 1. The maximum atomic E-state index is 12.2. The van der Waals surface area contributed by atoms with E-state index in [0.717, 1.165) is 5.56 Å². The second-order valence-electron chi connectivity index (χ2n) is 5.91. The number of β-lactam (4-membered cyclic amide) rings is 1. The summed E-state index contributed by atoms with van der Waals surface area (Å²) in [5.41, 5.74) is 0.779. The zero-order valence-corrected chi connectivity index (χ0v) is 12.9. The lowest BCUT2D eigenvalue weighted by atomic mass is 9.96. The molecule has 2 N–H and O–H groups in total. The van der Waals surface area contributed by atoms with Crippen LogP contribution in [0.15, 0.2) is 29.3 Å². The van der Waals surface area contributed by atoms with Crippen LogP contribution in [-0.2, 0) is 9.59 Å². The number of amides is 1.